The molecule has 0 bridgehead atoms. The molecule has 4 N–H and O–H groups in total. The number of hydrogen-bond acceptors (Lipinski definition) is 15. The first-order chi connectivity index (χ1) is 28.5. The van der Waals surface area contributed by atoms with Gasteiger partial charge >= 0.3 is 5.97 Å². The van der Waals surface area contributed by atoms with Crippen LogP contribution in [0, 0.1) is 23.7 Å². The van der Waals surface area contributed by atoms with Crippen LogP contribution in [-0.4, -0.2) is 150 Å². The molecule has 0 amide bonds. The molecule has 0 radical (unpaired) electrons. The van der Waals surface area contributed by atoms with Crippen molar-refractivity contribution in [3.63, 3.8) is 0 Å². The van der Waals surface area contributed by atoms with Crippen LogP contribution in [0.4, 0.5) is 0 Å². The van der Waals surface area contributed by atoms with Gasteiger partial charge in [-0.1, -0.05) is 62.7 Å². The molecule has 3 heterocycles. The molecule has 61 heavy (non-hydrogen) atoms. The molecule has 0 saturated carbocycles. The maximum absolute atomic E-state index is 14.5. The van der Waals surface area contributed by atoms with Crippen LogP contribution in [0.25, 0.3) is 0 Å². The lowest BCUT2D eigenvalue weighted by Crippen LogP contribution is -2.61. The van der Waals surface area contributed by atoms with Gasteiger partial charge in [0.1, 0.15) is 30.5 Å². The highest BCUT2D eigenvalue weighted by atomic mass is 35.5. The van der Waals surface area contributed by atoms with E-state index in [0.717, 1.165) is 0 Å². The Morgan fingerprint density at radius 3 is 2.13 bits per heavy atom. The van der Waals surface area contributed by atoms with Crippen molar-refractivity contribution in [3.05, 3.63) is 34.9 Å². The quantitative estimate of drug-likeness (QED) is 0.170. The van der Waals surface area contributed by atoms with E-state index in [-0.39, 0.29) is 38.0 Å². The first-order valence-electron chi connectivity index (χ1n) is 21.7. The van der Waals surface area contributed by atoms with Crippen LogP contribution >= 0.6 is 11.6 Å². The molecular weight excluding hydrogens is 812 g/mol. The third kappa shape index (κ3) is 11.6. The Bertz CT molecular complexity index is 1600. The van der Waals surface area contributed by atoms with E-state index < -0.39 is 102 Å². The monoisotopic (exact) mass is 886 g/mol. The molecule has 0 unspecified atom stereocenters. The molecule has 3 aliphatic heterocycles. The number of aliphatic hydroxyl groups excluding tert-OH is 3. The van der Waals surface area contributed by atoms with E-state index in [1.165, 1.54) is 14.0 Å². The van der Waals surface area contributed by atoms with Gasteiger partial charge in [0.2, 0.25) is 0 Å². The summed E-state index contributed by atoms with van der Waals surface area (Å²) in [6.07, 6.45) is -8.55. The van der Waals surface area contributed by atoms with Gasteiger partial charge in [-0.25, -0.2) is 0 Å². The van der Waals surface area contributed by atoms with Crippen molar-refractivity contribution >= 4 is 23.3 Å². The smallest absolute Gasteiger partial charge is 0.311 e. The highest BCUT2D eigenvalue weighted by Crippen LogP contribution is 2.42. The first kappa shape index (κ1) is 51.6. The SMILES string of the molecule is CC[C@H]1OC(=O)[C@H](C)[C@@H](O[C@H]2C[C@@](C)(OC)[C@@H](O)[C@H](C)O2)[C@H](C)[C@@H](O[C@@H]2O[C@H](C)C[C@H](N(C)C)[C@H]2O)[C@](C)(OC)C[C@@H](C)/C(=N/OCc2ccccc2Cl)[C@H](C)[C@@H](O)[C@]1(C)O. The summed E-state index contributed by atoms with van der Waals surface area (Å²) in [6.45, 7) is 17.8. The average Bonchev–Trinajstić information content (AvgIpc) is 3.21. The lowest BCUT2D eigenvalue weighted by molar-refractivity contribution is -0.319. The van der Waals surface area contributed by atoms with E-state index in [1.54, 1.807) is 47.8 Å². The van der Waals surface area contributed by atoms with Crippen LogP contribution in [0.1, 0.15) is 100 Å². The van der Waals surface area contributed by atoms with Gasteiger partial charge in [0.25, 0.3) is 0 Å². The molecule has 3 aliphatic rings. The van der Waals surface area contributed by atoms with Gasteiger partial charge in [-0.15, -0.1) is 0 Å². The van der Waals surface area contributed by atoms with E-state index in [9.17, 15) is 25.2 Å². The van der Waals surface area contributed by atoms with Crippen molar-refractivity contribution in [3.8, 4) is 0 Å². The molecule has 0 aromatic heterocycles. The van der Waals surface area contributed by atoms with Gasteiger partial charge in [-0.3, -0.25) is 4.79 Å². The molecule has 15 nitrogen and oxygen atoms in total. The molecule has 1 aromatic carbocycles. The van der Waals surface area contributed by atoms with Gasteiger partial charge in [-0.05, 0) is 81.0 Å². The van der Waals surface area contributed by atoms with Crippen LogP contribution in [0.15, 0.2) is 29.4 Å². The summed E-state index contributed by atoms with van der Waals surface area (Å²) in [5, 5.41) is 52.1. The lowest BCUT2D eigenvalue weighted by Gasteiger charge is -2.50. The van der Waals surface area contributed by atoms with Gasteiger partial charge in [0.15, 0.2) is 12.6 Å². The third-order valence-corrected chi connectivity index (χ3v) is 14.0. The van der Waals surface area contributed by atoms with Crippen molar-refractivity contribution in [2.24, 2.45) is 28.8 Å². The minimum absolute atomic E-state index is 0.0364. The van der Waals surface area contributed by atoms with E-state index in [2.05, 4.69) is 5.16 Å². The normalized spacial score (nSPS) is 44.1. The van der Waals surface area contributed by atoms with Crippen molar-refractivity contribution in [2.75, 3.05) is 28.3 Å². The maximum Gasteiger partial charge on any atom is 0.311 e. The number of halogens is 1. The number of aliphatic hydroxyl groups is 4. The molecule has 0 spiro atoms. The third-order valence-electron chi connectivity index (χ3n) is 13.7. The van der Waals surface area contributed by atoms with Crippen molar-refractivity contribution in [1.29, 1.82) is 0 Å². The zero-order chi connectivity index (χ0) is 45.8. The number of esters is 1. The Hall–Kier alpha value is -1.99. The van der Waals surface area contributed by atoms with Crippen LogP contribution in [-0.2, 0) is 49.4 Å². The molecule has 18 atom stereocenters. The van der Waals surface area contributed by atoms with Crippen molar-refractivity contribution in [1.82, 2.24) is 4.90 Å². The fourth-order valence-corrected chi connectivity index (χ4v) is 9.75. The Labute approximate surface area is 368 Å². The fraction of sp³-hybridized carbons (Fsp3) is 0.822. The predicted molar refractivity (Wildman–Crippen MR) is 230 cm³/mol. The van der Waals surface area contributed by atoms with E-state index in [0.29, 0.717) is 22.7 Å². The highest BCUT2D eigenvalue weighted by molar-refractivity contribution is 6.31. The summed E-state index contributed by atoms with van der Waals surface area (Å²) in [5.41, 5.74) is -3.10. The summed E-state index contributed by atoms with van der Waals surface area (Å²) in [5.74, 6) is -3.73. The van der Waals surface area contributed by atoms with Crippen molar-refractivity contribution in [2.45, 2.75) is 186 Å². The molecule has 3 fully saturated rings. The molecule has 0 aliphatic carbocycles. The molecule has 4 rings (SSSR count). The van der Waals surface area contributed by atoms with Crippen LogP contribution in [0.3, 0.4) is 0 Å². The van der Waals surface area contributed by atoms with E-state index in [1.807, 2.05) is 64.9 Å². The van der Waals surface area contributed by atoms with Crippen molar-refractivity contribution < 1.29 is 63.2 Å². The molecular formula is C45H75ClN2O13. The minimum atomic E-state index is -1.94. The van der Waals surface area contributed by atoms with Gasteiger partial charge in [0, 0.05) is 55.0 Å². The fourth-order valence-electron chi connectivity index (χ4n) is 9.56. The number of hydrogen-bond donors (Lipinski definition) is 4. The number of carbonyl (C=O) groups is 1. The highest BCUT2D eigenvalue weighted by Gasteiger charge is 2.54. The van der Waals surface area contributed by atoms with E-state index in [4.69, 9.17) is 49.6 Å². The van der Waals surface area contributed by atoms with Gasteiger partial charge in [0.05, 0.1) is 53.4 Å². The Morgan fingerprint density at radius 1 is 0.902 bits per heavy atom. The second-order valence-electron chi connectivity index (χ2n) is 18.6. The summed E-state index contributed by atoms with van der Waals surface area (Å²) >= 11 is 6.45. The lowest BCUT2D eigenvalue weighted by atomic mass is 9.73. The maximum atomic E-state index is 14.5. The zero-order valence-electron chi connectivity index (χ0n) is 38.7. The number of nitrogens with zero attached hydrogens (tertiary/aromatic N) is 2. The number of ether oxygens (including phenoxy) is 7. The zero-order valence-corrected chi connectivity index (χ0v) is 39.5. The predicted octanol–water partition coefficient (Wildman–Crippen LogP) is 5.10. The standard InChI is InChI=1S/C45H75ClN2O13/c1-15-33-45(10,53)38(50)26(4)35(47-56-23-30-18-16-17-19-31(30)46)24(2)21-44(9,55-14)40(61-42-36(49)32(48(11)12)20-25(3)57-42)27(5)37(28(6)41(52)59-33)60-34-22-43(8,54-13)39(51)29(7)58-34/h16-19,24-29,32-34,36-40,42,49-51,53H,15,20-23H2,1-14H3/b47-35-/t24-,25-,26+,27+,28-,29+,32+,33-,34+,36-,37+,38-,39+,40-,42+,43-,44-,45-/m1/s1. The number of carbonyl (C=O) groups excluding carboxylic acids is 1. The number of methoxy groups -OCH3 is 2. The first-order valence-corrected chi connectivity index (χ1v) is 22.1. The second kappa shape index (κ2) is 21.3. The summed E-state index contributed by atoms with van der Waals surface area (Å²) in [7, 11) is 6.87. The summed E-state index contributed by atoms with van der Waals surface area (Å²) in [6, 6.07) is 6.95. The molecule has 1 aromatic rings. The topological polar surface area (TPSA) is 187 Å². The van der Waals surface area contributed by atoms with Gasteiger partial charge in [-0.2, -0.15) is 0 Å². The largest absolute Gasteiger partial charge is 0.459 e. The number of rotatable bonds is 11. The van der Waals surface area contributed by atoms with E-state index >= 15 is 0 Å². The Kier molecular flexibility index (Phi) is 18.1. The molecule has 3 saturated heterocycles. The number of benzene rings is 1. The summed E-state index contributed by atoms with van der Waals surface area (Å²) in [4.78, 5) is 22.4. The van der Waals surface area contributed by atoms with Crippen LogP contribution in [0.2, 0.25) is 5.02 Å². The van der Waals surface area contributed by atoms with Crippen LogP contribution in [0.5, 0.6) is 0 Å². The summed E-state index contributed by atoms with van der Waals surface area (Å²) < 4.78 is 44.8. The average molecular weight is 888 g/mol. The second-order valence-corrected chi connectivity index (χ2v) is 19.0. The minimum Gasteiger partial charge on any atom is -0.459 e. The molecule has 16 heteroatoms. The van der Waals surface area contributed by atoms with Gasteiger partial charge < -0.3 is 63.3 Å². The number of oxime groups is 1. The number of cyclic esters (lactones) is 1. The molecule has 350 valence electrons. The van der Waals surface area contributed by atoms with Crippen LogP contribution < -0.4 is 0 Å². The number of likely N-dealkylation sites (N-methyl/N-ethyl adjacent to an activating group) is 1. The Morgan fingerprint density at radius 2 is 1.54 bits per heavy atom. The Balaban J connectivity index is 1.90.